The van der Waals surface area contributed by atoms with E-state index < -0.39 is 0 Å². The fourth-order valence-electron chi connectivity index (χ4n) is 1.97. The molecule has 22 heavy (non-hydrogen) atoms. The largest absolute Gasteiger partial charge is 0.484 e. The number of hydrogen-bond acceptors (Lipinski definition) is 4. The maximum absolute atomic E-state index is 11.9. The van der Waals surface area contributed by atoms with Crippen LogP contribution in [0.5, 0.6) is 5.75 Å². The number of benzene rings is 1. The lowest BCUT2D eigenvalue weighted by atomic mass is 10.0. The first-order valence-electron chi connectivity index (χ1n) is 7.16. The number of anilines is 1. The van der Waals surface area contributed by atoms with E-state index in [9.17, 15) is 9.90 Å². The Hall–Kier alpha value is -2.40. The highest BCUT2D eigenvalue weighted by Crippen LogP contribution is 2.20. The Labute approximate surface area is 130 Å². The lowest BCUT2D eigenvalue weighted by Crippen LogP contribution is -2.21. The van der Waals surface area contributed by atoms with Crippen LogP contribution in [0.2, 0.25) is 0 Å². The third-order valence-electron chi connectivity index (χ3n) is 3.25. The van der Waals surface area contributed by atoms with E-state index in [1.165, 1.54) is 6.20 Å². The van der Waals surface area contributed by atoms with E-state index in [0.29, 0.717) is 22.9 Å². The van der Waals surface area contributed by atoms with Crippen LogP contribution in [0, 0.1) is 0 Å². The van der Waals surface area contributed by atoms with Gasteiger partial charge in [-0.25, -0.2) is 0 Å². The predicted molar refractivity (Wildman–Crippen MR) is 84.8 cm³/mol. The van der Waals surface area contributed by atoms with Crippen molar-refractivity contribution in [2.45, 2.75) is 26.4 Å². The molecule has 116 valence electrons. The predicted octanol–water partition coefficient (Wildman–Crippen LogP) is 2.71. The van der Waals surface area contributed by atoms with Crippen molar-refractivity contribution in [1.82, 2.24) is 4.98 Å². The molecule has 2 aromatic rings. The Kier molecular flexibility index (Phi) is 5.49. The van der Waals surface area contributed by atoms with Crippen LogP contribution < -0.4 is 10.1 Å². The highest BCUT2D eigenvalue weighted by atomic mass is 16.5. The standard InChI is InChI=1S/C17H20N2O3/c1-12(2)13-4-3-5-15(8-13)22-11-17(21)19-16-9-18-7-6-14(16)10-20/h3-9,12,20H,10-11H2,1-2H3,(H,19,21). The maximum Gasteiger partial charge on any atom is 0.262 e. The molecule has 0 aliphatic rings. The van der Waals surface area contributed by atoms with Gasteiger partial charge in [0, 0.05) is 11.8 Å². The molecule has 0 atom stereocenters. The van der Waals surface area contributed by atoms with E-state index in [2.05, 4.69) is 24.1 Å². The van der Waals surface area contributed by atoms with Crippen molar-refractivity contribution in [3.05, 3.63) is 53.9 Å². The second-order valence-electron chi connectivity index (χ2n) is 5.25. The normalized spacial score (nSPS) is 10.5. The number of amides is 1. The van der Waals surface area contributed by atoms with Crippen molar-refractivity contribution in [1.29, 1.82) is 0 Å². The molecular formula is C17H20N2O3. The molecule has 1 heterocycles. The summed E-state index contributed by atoms with van der Waals surface area (Å²) in [6.07, 6.45) is 3.07. The van der Waals surface area contributed by atoms with Crippen molar-refractivity contribution >= 4 is 11.6 Å². The van der Waals surface area contributed by atoms with Gasteiger partial charge in [0.1, 0.15) is 5.75 Å². The topological polar surface area (TPSA) is 71.5 Å². The van der Waals surface area contributed by atoms with Crippen LogP contribution in [0.1, 0.15) is 30.9 Å². The molecule has 1 aromatic carbocycles. The van der Waals surface area contributed by atoms with E-state index in [0.717, 1.165) is 5.56 Å². The second kappa shape index (κ2) is 7.56. The molecule has 2 N–H and O–H groups in total. The number of aliphatic hydroxyl groups excluding tert-OH is 1. The molecule has 0 spiro atoms. The van der Waals surface area contributed by atoms with Crippen LogP contribution in [0.3, 0.4) is 0 Å². The van der Waals surface area contributed by atoms with Gasteiger partial charge in [0.05, 0.1) is 18.5 Å². The Bertz CT molecular complexity index is 641. The van der Waals surface area contributed by atoms with Crippen molar-refractivity contribution in [2.75, 3.05) is 11.9 Å². The Balaban J connectivity index is 1.94. The van der Waals surface area contributed by atoms with Gasteiger partial charge in [0.25, 0.3) is 5.91 Å². The van der Waals surface area contributed by atoms with E-state index in [1.807, 2.05) is 24.3 Å². The summed E-state index contributed by atoms with van der Waals surface area (Å²) in [7, 11) is 0. The molecule has 0 unspecified atom stereocenters. The summed E-state index contributed by atoms with van der Waals surface area (Å²) < 4.78 is 5.51. The molecule has 1 aromatic heterocycles. The molecule has 0 saturated carbocycles. The van der Waals surface area contributed by atoms with Gasteiger partial charge in [0.2, 0.25) is 0 Å². The van der Waals surface area contributed by atoms with E-state index in [1.54, 1.807) is 12.3 Å². The van der Waals surface area contributed by atoms with Crippen LogP contribution >= 0.6 is 0 Å². The summed E-state index contributed by atoms with van der Waals surface area (Å²) in [5.74, 6) is 0.771. The Morgan fingerprint density at radius 1 is 1.36 bits per heavy atom. The fourth-order valence-corrected chi connectivity index (χ4v) is 1.97. The molecule has 5 nitrogen and oxygen atoms in total. The number of carbonyl (C=O) groups is 1. The van der Waals surface area contributed by atoms with Crippen LogP contribution in [0.25, 0.3) is 0 Å². The summed E-state index contributed by atoms with van der Waals surface area (Å²) in [6, 6.07) is 9.35. The molecule has 1 amide bonds. The molecule has 5 heteroatoms. The zero-order chi connectivity index (χ0) is 15.9. The molecule has 0 saturated heterocycles. The maximum atomic E-state index is 11.9. The molecule has 0 bridgehead atoms. The van der Waals surface area contributed by atoms with Crippen molar-refractivity contribution in [3.63, 3.8) is 0 Å². The third kappa shape index (κ3) is 4.30. The lowest BCUT2D eigenvalue weighted by Gasteiger charge is -2.11. The summed E-state index contributed by atoms with van der Waals surface area (Å²) in [5.41, 5.74) is 2.27. The van der Waals surface area contributed by atoms with E-state index in [4.69, 9.17) is 4.74 Å². The first-order chi connectivity index (χ1) is 10.6. The number of rotatable bonds is 6. The molecule has 0 aliphatic carbocycles. The third-order valence-corrected chi connectivity index (χ3v) is 3.25. The lowest BCUT2D eigenvalue weighted by molar-refractivity contribution is -0.118. The average Bonchev–Trinajstić information content (AvgIpc) is 2.53. The van der Waals surface area contributed by atoms with Crippen LogP contribution in [-0.4, -0.2) is 22.6 Å². The highest BCUT2D eigenvalue weighted by Gasteiger charge is 2.08. The van der Waals surface area contributed by atoms with Crippen LogP contribution in [0.4, 0.5) is 5.69 Å². The minimum atomic E-state index is -0.294. The number of aromatic nitrogens is 1. The van der Waals surface area contributed by atoms with Crippen LogP contribution in [-0.2, 0) is 11.4 Å². The van der Waals surface area contributed by atoms with Gasteiger partial charge in [-0.05, 0) is 29.7 Å². The number of nitrogens with zero attached hydrogens (tertiary/aromatic N) is 1. The average molecular weight is 300 g/mol. The highest BCUT2D eigenvalue weighted by molar-refractivity contribution is 5.92. The van der Waals surface area contributed by atoms with Crippen molar-refractivity contribution in [2.24, 2.45) is 0 Å². The van der Waals surface area contributed by atoms with Gasteiger partial charge in [-0.15, -0.1) is 0 Å². The Morgan fingerprint density at radius 2 is 2.18 bits per heavy atom. The molecule has 0 aliphatic heterocycles. The summed E-state index contributed by atoms with van der Waals surface area (Å²) in [4.78, 5) is 15.9. The minimum Gasteiger partial charge on any atom is -0.484 e. The zero-order valence-corrected chi connectivity index (χ0v) is 12.7. The van der Waals surface area contributed by atoms with E-state index in [-0.39, 0.29) is 19.1 Å². The summed E-state index contributed by atoms with van der Waals surface area (Å²) in [6.45, 7) is 3.95. The monoisotopic (exact) mass is 300 g/mol. The first-order valence-corrected chi connectivity index (χ1v) is 7.16. The second-order valence-corrected chi connectivity index (χ2v) is 5.25. The summed E-state index contributed by atoms with van der Waals surface area (Å²) >= 11 is 0. The number of nitrogens with one attached hydrogen (secondary N) is 1. The quantitative estimate of drug-likeness (QED) is 0.860. The minimum absolute atomic E-state index is 0.0959. The fraction of sp³-hybridized carbons (Fsp3) is 0.294. The van der Waals surface area contributed by atoms with Gasteiger partial charge in [-0.1, -0.05) is 26.0 Å². The van der Waals surface area contributed by atoms with Gasteiger partial charge >= 0.3 is 0 Å². The molecule has 0 fully saturated rings. The SMILES string of the molecule is CC(C)c1cccc(OCC(=O)Nc2cnccc2CO)c1. The first kappa shape index (κ1) is 16.0. The van der Waals surface area contributed by atoms with Gasteiger partial charge in [-0.3, -0.25) is 9.78 Å². The smallest absolute Gasteiger partial charge is 0.262 e. The molecule has 0 radical (unpaired) electrons. The number of ether oxygens (including phenoxy) is 1. The van der Waals surface area contributed by atoms with Gasteiger partial charge < -0.3 is 15.2 Å². The number of hydrogen-bond donors (Lipinski definition) is 2. The number of aliphatic hydroxyl groups is 1. The van der Waals surface area contributed by atoms with Crippen molar-refractivity contribution < 1.29 is 14.6 Å². The molecular weight excluding hydrogens is 280 g/mol. The number of pyridine rings is 1. The van der Waals surface area contributed by atoms with Crippen LogP contribution in [0.15, 0.2) is 42.7 Å². The van der Waals surface area contributed by atoms with E-state index >= 15 is 0 Å². The van der Waals surface area contributed by atoms with Crippen molar-refractivity contribution in [3.8, 4) is 5.75 Å². The number of carbonyl (C=O) groups excluding carboxylic acids is 1. The zero-order valence-electron chi connectivity index (χ0n) is 12.7. The molecule has 2 rings (SSSR count). The Morgan fingerprint density at radius 3 is 2.91 bits per heavy atom. The summed E-state index contributed by atoms with van der Waals surface area (Å²) in [5, 5.41) is 11.9. The van der Waals surface area contributed by atoms with Gasteiger partial charge in [0.15, 0.2) is 6.61 Å². The van der Waals surface area contributed by atoms with Gasteiger partial charge in [-0.2, -0.15) is 0 Å².